The highest BCUT2D eigenvalue weighted by Crippen LogP contribution is 2.24. The maximum absolute atomic E-state index is 12.7. The molecule has 0 unspecified atom stereocenters. The van der Waals surface area contributed by atoms with Gasteiger partial charge in [-0.15, -0.1) is 0 Å². The number of benzene rings is 3. The minimum Gasteiger partial charge on any atom is -0.497 e. The lowest BCUT2D eigenvalue weighted by Gasteiger charge is -2.10. The lowest BCUT2D eigenvalue weighted by atomic mass is 10.1. The first kappa shape index (κ1) is 19.9. The van der Waals surface area contributed by atoms with E-state index in [1.165, 1.54) is 13.2 Å². The summed E-state index contributed by atoms with van der Waals surface area (Å²) in [5.74, 6) is 0.460. The van der Waals surface area contributed by atoms with Crippen LogP contribution in [0.25, 0.3) is 6.08 Å². The highest BCUT2D eigenvalue weighted by molar-refractivity contribution is 6.09. The van der Waals surface area contributed by atoms with Crippen LogP contribution in [0.5, 0.6) is 17.2 Å². The van der Waals surface area contributed by atoms with Crippen LogP contribution in [0.15, 0.2) is 78.9 Å². The van der Waals surface area contributed by atoms with E-state index >= 15 is 0 Å². The highest BCUT2D eigenvalue weighted by Gasteiger charge is 2.17. The minimum absolute atomic E-state index is 0.188. The summed E-state index contributed by atoms with van der Waals surface area (Å²) in [4.78, 5) is 25.2. The summed E-state index contributed by atoms with van der Waals surface area (Å²) in [6, 6.07) is 20.7. The molecular weight excluding hydrogens is 368 g/mol. The van der Waals surface area contributed by atoms with E-state index in [2.05, 4.69) is 0 Å². The molecule has 0 atom stereocenters. The summed E-state index contributed by atoms with van der Waals surface area (Å²) in [5, 5.41) is 0. The van der Waals surface area contributed by atoms with Crippen LogP contribution in [0, 0.1) is 0 Å². The largest absolute Gasteiger partial charge is 0.497 e. The van der Waals surface area contributed by atoms with Gasteiger partial charge in [-0.2, -0.15) is 0 Å². The van der Waals surface area contributed by atoms with Crippen LogP contribution in [-0.2, 0) is 0 Å². The molecule has 5 heteroatoms. The van der Waals surface area contributed by atoms with Gasteiger partial charge in [0.15, 0.2) is 5.78 Å². The van der Waals surface area contributed by atoms with Crippen molar-refractivity contribution >= 4 is 17.8 Å². The number of esters is 1. The van der Waals surface area contributed by atoms with Crippen LogP contribution in [0.3, 0.4) is 0 Å². The van der Waals surface area contributed by atoms with Gasteiger partial charge in [0.1, 0.15) is 22.8 Å². The normalized spacial score (nSPS) is 10.6. The Morgan fingerprint density at radius 1 is 0.724 bits per heavy atom. The zero-order valence-electron chi connectivity index (χ0n) is 16.1. The van der Waals surface area contributed by atoms with Crippen LogP contribution < -0.4 is 14.2 Å². The third-order valence-electron chi connectivity index (χ3n) is 4.23. The molecule has 0 aromatic heterocycles. The fraction of sp³-hybridized carbons (Fsp3) is 0.0833. The van der Waals surface area contributed by atoms with Gasteiger partial charge in [-0.25, -0.2) is 4.79 Å². The Morgan fingerprint density at radius 3 is 2.00 bits per heavy atom. The Balaban J connectivity index is 1.79. The van der Waals surface area contributed by atoms with Crippen LogP contribution in [0.4, 0.5) is 0 Å². The monoisotopic (exact) mass is 388 g/mol. The van der Waals surface area contributed by atoms with E-state index in [1.807, 2.05) is 24.3 Å². The first-order valence-electron chi connectivity index (χ1n) is 8.93. The Bertz CT molecular complexity index is 1040. The molecule has 146 valence electrons. The van der Waals surface area contributed by atoms with Gasteiger partial charge in [0, 0.05) is 0 Å². The number of methoxy groups -OCH3 is 2. The van der Waals surface area contributed by atoms with Crippen LogP contribution in [0.1, 0.15) is 26.3 Å². The fourth-order valence-electron chi connectivity index (χ4n) is 2.70. The van der Waals surface area contributed by atoms with Gasteiger partial charge in [-0.3, -0.25) is 4.79 Å². The van der Waals surface area contributed by atoms with Gasteiger partial charge in [-0.1, -0.05) is 42.5 Å². The first-order valence-corrected chi connectivity index (χ1v) is 8.93. The summed E-state index contributed by atoms with van der Waals surface area (Å²) >= 11 is 0. The van der Waals surface area contributed by atoms with Gasteiger partial charge < -0.3 is 14.2 Å². The van der Waals surface area contributed by atoms with Crippen molar-refractivity contribution in [3.63, 3.8) is 0 Å². The molecule has 0 amide bonds. The average Bonchev–Trinajstić information content (AvgIpc) is 2.78. The molecule has 3 aromatic rings. The average molecular weight is 388 g/mol. The van der Waals surface area contributed by atoms with Crippen molar-refractivity contribution in [2.24, 2.45) is 0 Å². The zero-order valence-corrected chi connectivity index (χ0v) is 16.1. The Kier molecular flexibility index (Phi) is 6.43. The molecular formula is C24H20O5. The van der Waals surface area contributed by atoms with Gasteiger partial charge >= 0.3 is 5.97 Å². The van der Waals surface area contributed by atoms with E-state index in [0.717, 1.165) is 11.3 Å². The highest BCUT2D eigenvalue weighted by atomic mass is 16.5. The number of hydrogen-bond donors (Lipinski definition) is 0. The molecule has 3 aromatic carbocycles. The third-order valence-corrected chi connectivity index (χ3v) is 4.23. The number of hydrogen-bond acceptors (Lipinski definition) is 5. The van der Waals surface area contributed by atoms with E-state index in [-0.39, 0.29) is 17.1 Å². The second kappa shape index (κ2) is 9.37. The van der Waals surface area contributed by atoms with E-state index in [9.17, 15) is 9.59 Å². The number of allylic oxidation sites excluding steroid dienone is 1. The second-order valence-electron chi connectivity index (χ2n) is 6.06. The molecule has 3 rings (SSSR count). The number of ketones is 1. The number of carbonyl (C=O) groups is 2. The molecule has 0 spiro atoms. The molecule has 0 aliphatic carbocycles. The van der Waals surface area contributed by atoms with Crippen molar-refractivity contribution in [2.75, 3.05) is 14.2 Å². The molecule has 0 aliphatic rings. The summed E-state index contributed by atoms with van der Waals surface area (Å²) < 4.78 is 15.8. The van der Waals surface area contributed by atoms with Crippen LogP contribution in [-0.4, -0.2) is 26.0 Å². The first-order chi connectivity index (χ1) is 14.1. The molecule has 0 fully saturated rings. The Morgan fingerprint density at radius 2 is 1.34 bits per heavy atom. The quantitative estimate of drug-likeness (QED) is 0.251. The van der Waals surface area contributed by atoms with Crippen molar-refractivity contribution in [1.82, 2.24) is 0 Å². The minimum atomic E-state index is -0.596. The van der Waals surface area contributed by atoms with Crippen molar-refractivity contribution in [2.45, 2.75) is 0 Å². The lowest BCUT2D eigenvalue weighted by Crippen LogP contribution is -2.12. The van der Waals surface area contributed by atoms with E-state index in [0.29, 0.717) is 11.3 Å². The summed E-state index contributed by atoms with van der Waals surface area (Å²) in [6.45, 7) is 0. The molecule has 0 aliphatic heterocycles. The van der Waals surface area contributed by atoms with E-state index in [1.54, 1.807) is 61.7 Å². The predicted molar refractivity (Wildman–Crippen MR) is 111 cm³/mol. The second-order valence-corrected chi connectivity index (χ2v) is 6.06. The van der Waals surface area contributed by atoms with Gasteiger partial charge in [0.05, 0.1) is 19.8 Å². The van der Waals surface area contributed by atoms with Gasteiger partial charge in [0.2, 0.25) is 0 Å². The Labute approximate surface area is 169 Å². The number of carbonyl (C=O) groups excluding carboxylic acids is 2. The molecule has 29 heavy (non-hydrogen) atoms. The van der Waals surface area contributed by atoms with Gasteiger partial charge in [-0.05, 0) is 48.0 Å². The lowest BCUT2D eigenvalue weighted by molar-refractivity contribution is 0.0729. The summed E-state index contributed by atoms with van der Waals surface area (Å²) in [7, 11) is 3.07. The number of ether oxygens (including phenoxy) is 3. The van der Waals surface area contributed by atoms with Gasteiger partial charge in [0.25, 0.3) is 0 Å². The maximum Gasteiger partial charge on any atom is 0.347 e. The smallest absolute Gasteiger partial charge is 0.347 e. The van der Waals surface area contributed by atoms with E-state index in [4.69, 9.17) is 14.2 Å². The zero-order chi connectivity index (χ0) is 20.6. The van der Waals surface area contributed by atoms with Crippen molar-refractivity contribution < 1.29 is 23.8 Å². The standard InChI is InChI=1S/C24H20O5/c1-27-18-14-11-17(12-15-18)13-16-21(25)19-7-3-6-10-23(19)29-24(26)20-8-4-5-9-22(20)28-2/h3-16H,1-2H3/b16-13+. The van der Waals surface area contributed by atoms with E-state index < -0.39 is 5.97 Å². The predicted octanol–water partition coefficient (Wildman–Crippen LogP) is 4.82. The van der Waals surface area contributed by atoms with Crippen molar-refractivity contribution in [1.29, 1.82) is 0 Å². The van der Waals surface area contributed by atoms with Crippen molar-refractivity contribution in [3.8, 4) is 17.2 Å². The maximum atomic E-state index is 12.7. The number of para-hydroxylation sites is 2. The van der Waals surface area contributed by atoms with Crippen molar-refractivity contribution in [3.05, 3.63) is 95.6 Å². The summed E-state index contributed by atoms with van der Waals surface area (Å²) in [5.41, 5.74) is 1.43. The molecule has 5 nitrogen and oxygen atoms in total. The molecule has 0 bridgehead atoms. The Hall–Kier alpha value is -3.86. The molecule has 0 saturated carbocycles. The molecule has 0 N–H and O–H groups in total. The molecule has 0 radical (unpaired) electrons. The topological polar surface area (TPSA) is 61.8 Å². The number of rotatable bonds is 7. The summed E-state index contributed by atoms with van der Waals surface area (Å²) in [6.07, 6.45) is 3.14. The van der Waals surface area contributed by atoms with Crippen LogP contribution in [0.2, 0.25) is 0 Å². The molecule has 0 heterocycles. The fourth-order valence-corrected chi connectivity index (χ4v) is 2.70. The third kappa shape index (κ3) is 4.90. The SMILES string of the molecule is COc1ccc(/C=C/C(=O)c2ccccc2OC(=O)c2ccccc2OC)cc1. The molecule has 0 saturated heterocycles. The van der Waals surface area contributed by atoms with Crippen LogP contribution >= 0.6 is 0 Å².